The van der Waals surface area contributed by atoms with Gasteiger partial charge in [0.05, 0.1) is 18.8 Å². The molecule has 96 valence electrons. The molecule has 18 heavy (non-hydrogen) atoms. The smallest absolute Gasteiger partial charge is 0.218 e. The third kappa shape index (κ3) is 2.97. The molecule has 0 fully saturated rings. The van der Waals surface area contributed by atoms with E-state index in [0.717, 1.165) is 11.5 Å². The molecule has 0 aliphatic heterocycles. The number of nitrogens with zero attached hydrogens (tertiary/aromatic N) is 3. The van der Waals surface area contributed by atoms with Crippen molar-refractivity contribution >= 4 is 5.82 Å². The molecule has 2 aromatic heterocycles. The van der Waals surface area contributed by atoms with E-state index in [-0.39, 0.29) is 0 Å². The van der Waals surface area contributed by atoms with E-state index in [4.69, 9.17) is 9.15 Å². The number of oxazole rings is 1. The Bertz CT molecular complexity index is 505. The van der Waals surface area contributed by atoms with E-state index in [1.807, 2.05) is 20.8 Å². The Morgan fingerprint density at radius 3 is 2.83 bits per heavy atom. The molecular formula is C12H16N4O2. The van der Waals surface area contributed by atoms with Crippen LogP contribution in [0.15, 0.2) is 16.8 Å². The Morgan fingerprint density at radius 2 is 2.17 bits per heavy atom. The average molecular weight is 248 g/mol. The first-order valence-electron chi connectivity index (χ1n) is 5.80. The van der Waals surface area contributed by atoms with Crippen molar-refractivity contribution < 1.29 is 9.15 Å². The molecule has 0 unspecified atom stereocenters. The van der Waals surface area contributed by atoms with Crippen LogP contribution in [0.4, 0.5) is 5.82 Å². The lowest BCUT2D eigenvalue weighted by Gasteiger charge is -2.05. The van der Waals surface area contributed by atoms with Crippen LogP contribution in [0, 0.1) is 13.8 Å². The molecule has 0 aromatic carbocycles. The van der Waals surface area contributed by atoms with Gasteiger partial charge in [0, 0.05) is 6.07 Å². The predicted molar refractivity (Wildman–Crippen MR) is 66.5 cm³/mol. The summed E-state index contributed by atoms with van der Waals surface area (Å²) in [5.74, 6) is 2.71. The van der Waals surface area contributed by atoms with Crippen LogP contribution >= 0.6 is 0 Å². The molecule has 0 bridgehead atoms. The molecule has 0 spiro atoms. The van der Waals surface area contributed by atoms with E-state index >= 15 is 0 Å². The SMILES string of the molecule is CCOc1cc(NCc2nc(C)c(C)o2)ncn1. The molecule has 0 aliphatic rings. The lowest BCUT2D eigenvalue weighted by atomic mass is 10.4. The minimum atomic E-state index is 0.483. The van der Waals surface area contributed by atoms with Gasteiger partial charge >= 0.3 is 0 Å². The van der Waals surface area contributed by atoms with Gasteiger partial charge in [-0.05, 0) is 20.8 Å². The second-order valence-electron chi connectivity index (χ2n) is 3.78. The Kier molecular flexibility index (Phi) is 3.76. The zero-order chi connectivity index (χ0) is 13.0. The van der Waals surface area contributed by atoms with Gasteiger partial charge in [-0.3, -0.25) is 0 Å². The molecule has 2 heterocycles. The van der Waals surface area contributed by atoms with Crippen LogP contribution in [0.2, 0.25) is 0 Å². The first kappa shape index (κ1) is 12.3. The number of ether oxygens (including phenoxy) is 1. The highest BCUT2D eigenvalue weighted by Crippen LogP contribution is 2.13. The van der Waals surface area contributed by atoms with Crippen molar-refractivity contribution in [1.82, 2.24) is 15.0 Å². The van der Waals surface area contributed by atoms with Crippen LogP contribution in [-0.2, 0) is 6.54 Å². The van der Waals surface area contributed by atoms with Gasteiger partial charge in [0.1, 0.15) is 17.9 Å². The maximum absolute atomic E-state index is 5.47. The van der Waals surface area contributed by atoms with Crippen molar-refractivity contribution in [1.29, 1.82) is 0 Å². The van der Waals surface area contributed by atoms with Gasteiger partial charge < -0.3 is 14.5 Å². The van der Waals surface area contributed by atoms with E-state index in [1.54, 1.807) is 6.07 Å². The van der Waals surface area contributed by atoms with Crippen molar-refractivity contribution in [3.05, 3.63) is 29.7 Å². The van der Waals surface area contributed by atoms with Crippen LogP contribution in [0.1, 0.15) is 24.3 Å². The van der Waals surface area contributed by atoms with E-state index in [1.165, 1.54) is 6.33 Å². The third-order valence-electron chi connectivity index (χ3n) is 2.43. The summed E-state index contributed by atoms with van der Waals surface area (Å²) in [4.78, 5) is 12.4. The van der Waals surface area contributed by atoms with Gasteiger partial charge in [-0.2, -0.15) is 0 Å². The van der Waals surface area contributed by atoms with Gasteiger partial charge in [0.25, 0.3) is 0 Å². The topological polar surface area (TPSA) is 73.1 Å². The average Bonchev–Trinajstić information content (AvgIpc) is 2.67. The lowest BCUT2D eigenvalue weighted by Crippen LogP contribution is -2.03. The summed E-state index contributed by atoms with van der Waals surface area (Å²) in [6.07, 6.45) is 1.46. The fraction of sp³-hybridized carbons (Fsp3) is 0.417. The molecule has 0 aliphatic carbocycles. The Balaban J connectivity index is 1.99. The summed E-state index contributed by atoms with van der Waals surface area (Å²) < 4.78 is 10.8. The van der Waals surface area contributed by atoms with E-state index in [2.05, 4.69) is 20.3 Å². The van der Waals surface area contributed by atoms with Crippen molar-refractivity contribution in [3.8, 4) is 5.88 Å². The van der Waals surface area contributed by atoms with Gasteiger partial charge in [-0.1, -0.05) is 0 Å². The summed E-state index contributed by atoms with van der Waals surface area (Å²) >= 11 is 0. The molecule has 0 amide bonds. The minimum Gasteiger partial charge on any atom is -0.478 e. The van der Waals surface area contributed by atoms with Crippen molar-refractivity contribution in [2.75, 3.05) is 11.9 Å². The molecule has 6 heteroatoms. The normalized spacial score (nSPS) is 10.4. The van der Waals surface area contributed by atoms with Crippen LogP contribution in [0.5, 0.6) is 5.88 Å². The Morgan fingerprint density at radius 1 is 1.33 bits per heavy atom. The van der Waals surface area contributed by atoms with Crippen LogP contribution in [-0.4, -0.2) is 21.6 Å². The van der Waals surface area contributed by atoms with E-state index in [0.29, 0.717) is 30.7 Å². The predicted octanol–water partition coefficient (Wildman–Crippen LogP) is 2.09. The molecule has 6 nitrogen and oxygen atoms in total. The minimum absolute atomic E-state index is 0.483. The first-order valence-corrected chi connectivity index (χ1v) is 5.80. The van der Waals surface area contributed by atoms with Gasteiger partial charge in [0.15, 0.2) is 0 Å². The van der Waals surface area contributed by atoms with Crippen LogP contribution in [0.25, 0.3) is 0 Å². The van der Waals surface area contributed by atoms with Gasteiger partial charge in [-0.15, -0.1) is 0 Å². The second kappa shape index (κ2) is 5.48. The molecule has 2 aromatic rings. The monoisotopic (exact) mass is 248 g/mol. The molecule has 0 saturated carbocycles. The van der Waals surface area contributed by atoms with Crippen molar-refractivity contribution in [2.45, 2.75) is 27.3 Å². The van der Waals surface area contributed by atoms with E-state index < -0.39 is 0 Å². The number of hydrogen-bond acceptors (Lipinski definition) is 6. The largest absolute Gasteiger partial charge is 0.478 e. The zero-order valence-corrected chi connectivity index (χ0v) is 10.7. The van der Waals surface area contributed by atoms with Crippen LogP contribution in [0.3, 0.4) is 0 Å². The van der Waals surface area contributed by atoms with Gasteiger partial charge in [-0.25, -0.2) is 15.0 Å². The summed E-state index contributed by atoms with van der Waals surface area (Å²) in [5.41, 5.74) is 0.907. The number of aromatic nitrogens is 3. The number of nitrogens with one attached hydrogen (secondary N) is 1. The maximum atomic E-state index is 5.47. The number of anilines is 1. The fourth-order valence-corrected chi connectivity index (χ4v) is 1.44. The highest BCUT2D eigenvalue weighted by molar-refractivity contribution is 5.37. The standard InChI is InChI=1S/C12H16N4O2/c1-4-17-11-5-10(14-7-15-11)13-6-12-16-8(2)9(3)18-12/h5,7H,4,6H2,1-3H3,(H,13,14,15). The second-order valence-corrected chi connectivity index (χ2v) is 3.78. The number of rotatable bonds is 5. The number of aryl methyl sites for hydroxylation is 2. The third-order valence-corrected chi connectivity index (χ3v) is 2.43. The summed E-state index contributed by atoms with van der Waals surface area (Å²) in [6.45, 7) is 6.78. The summed E-state index contributed by atoms with van der Waals surface area (Å²) in [6, 6.07) is 1.74. The number of hydrogen-bond donors (Lipinski definition) is 1. The molecular weight excluding hydrogens is 232 g/mol. The van der Waals surface area contributed by atoms with Crippen molar-refractivity contribution in [2.24, 2.45) is 0 Å². The Labute approximate surface area is 105 Å². The molecule has 1 N–H and O–H groups in total. The fourth-order valence-electron chi connectivity index (χ4n) is 1.44. The maximum Gasteiger partial charge on any atom is 0.218 e. The molecule has 2 rings (SSSR count). The van der Waals surface area contributed by atoms with Gasteiger partial charge in [0.2, 0.25) is 11.8 Å². The zero-order valence-electron chi connectivity index (χ0n) is 10.7. The summed E-state index contributed by atoms with van der Waals surface area (Å²) in [7, 11) is 0. The van der Waals surface area contributed by atoms with E-state index in [9.17, 15) is 0 Å². The quantitative estimate of drug-likeness (QED) is 0.873. The Hall–Kier alpha value is -2.11. The van der Waals surface area contributed by atoms with Crippen molar-refractivity contribution in [3.63, 3.8) is 0 Å². The molecule has 0 saturated heterocycles. The van der Waals surface area contributed by atoms with Crippen LogP contribution < -0.4 is 10.1 Å². The molecule has 0 radical (unpaired) electrons. The lowest BCUT2D eigenvalue weighted by molar-refractivity contribution is 0.326. The first-order chi connectivity index (χ1) is 8.69. The highest BCUT2D eigenvalue weighted by Gasteiger charge is 2.06. The highest BCUT2D eigenvalue weighted by atomic mass is 16.5. The summed E-state index contributed by atoms with van der Waals surface area (Å²) in [5, 5.41) is 3.11. The molecule has 0 atom stereocenters.